The molecule has 1 heterocycles. The van der Waals surface area contributed by atoms with Gasteiger partial charge in [-0.25, -0.2) is 5.43 Å². The van der Waals surface area contributed by atoms with Crippen LogP contribution in [-0.2, 0) is 11.3 Å². The third-order valence-corrected chi connectivity index (χ3v) is 4.18. The molecule has 0 aliphatic carbocycles. The number of nitrogens with zero attached hydrogens (tertiary/aromatic N) is 3. The second kappa shape index (κ2) is 7.78. The van der Waals surface area contributed by atoms with Crippen molar-refractivity contribution in [2.75, 3.05) is 0 Å². The van der Waals surface area contributed by atoms with Crippen LogP contribution in [0.2, 0.25) is 0 Å². The minimum Gasteiger partial charge on any atom is -0.274 e. The van der Waals surface area contributed by atoms with Crippen LogP contribution < -0.4 is 5.43 Å². The molecule has 0 aliphatic heterocycles. The highest BCUT2D eigenvalue weighted by atomic mass is 16.2. The lowest BCUT2D eigenvalue weighted by atomic mass is 10.0. The van der Waals surface area contributed by atoms with E-state index in [1.165, 1.54) is 23.6 Å². The summed E-state index contributed by atoms with van der Waals surface area (Å²) in [5, 5.41) is 8.77. The predicted octanol–water partition coefficient (Wildman–Crippen LogP) is 3.69. The topological polar surface area (TPSA) is 59.3 Å². The van der Waals surface area contributed by atoms with Gasteiger partial charge in [0, 0.05) is 24.2 Å². The Bertz CT molecular complexity index is 942. The largest absolute Gasteiger partial charge is 0.274 e. The Labute approximate surface area is 153 Å². The van der Waals surface area contributed by atoms with Crippen molar-refractivity contribution in [3.63, 3.8) is 0 Å². The molecule has 0 aliphatic rings. The Balaban J connectivity index is 1.98. The third-order valence-electron chi connectivity index (χ3n) is 4.18. The van der Waals surface area contributed by atoms with Crippen molar-refractivity contribution in [3.8, 4) is 11.3 Å². The Morgan fingerprint density at radius 2 is 1.92 bits per heavy atom. The summed E-state index contributed by atoms with van der Waals surface area (Å²) in [6.45, 7) is 6.28. The van der Waals surface area contributed by atoms with Crippen LogP contribution in [0.5, 0.6) is 0 Å². The first-order valence-corrected chi connectivity index (χ1v) is 8.51. The van der Waals surface area contributed by atoms with Gasteiger partial charge in [0.15, 0.2) is 0 Å². The van der Waals surface area contributed by atoms with E-state index < -0.39 is 0 Å². The third kappa shape index (κ3) is 4.25. The molecule has 3 rings (SSSR count). The van der Waals surface area contributed by atoms with Gasteiger partial charge in [-0.1, -0.05) is 42.5 Å². The van der Waals surface area contributed by atoms with Crippen molar-refractivity contribution in [2.24, 2.45) is 5.10 Å². The minimum absolute atomic E-state index is 0.203. The van der Waals surface area contributed by atoms with Gasteiger partial charge in [-0.05, 0) is 36.6 Å². The van der Waals surface area contributed by atoms with Gasteiger partial charge in [-0.3, -0.25) is 9.48 Å². The zero-order valence-electron chi connectivity index (χ0n) is 15.2. The normalized spacial score (nSPS) is 11.0. The summed E-state index contributed by atoms with van der Waals surface area (Å²) < 4.78 is 1.90. The first-order chi connectivity index (χ1) is 12.5. The van der Waals surface area contributed by atoms with Crippen molar-refractivity contribution < 1.29 is 4.79 Å². The maximum atomic E-state index is 11.1. The number of aryl methyl sites for hydroxylation is 2. The molecule has 0 unspecified atom stereocenters. The van der Waals surface area contributed by atoms with Crippen molar-refractivity contribution in [3.05, 3.63) is 77.0 Å². The first-order valence-electron chi connectivity index (χ1n) is 8.51. The summed E-state index contributed by atoms with van der Waals surface area (Å²) >= 11 is 0. The molecule has 0 radical (unpaired) electrons. The molecule has 1 aromatic heterocycles. The van der Waals surface area contributed by atoms with E-state index in [0.29, 0.717) is 6.54 Å². The quantitative estimate of drug-likeness (QED) is 0.566. The van der Waals surface area contributed by atoms with Crippen molar-refractivity contribution in [1.29, 1.82) is 0 Å². The van der Waals surface area contributed by atoms with E-state index in [-0.39, 0.29) is 5.91 Å². The van der Waals surface area contributed by atoms with Gasteiger partial charge in [-0.2, -0.15) is 10.2 Å². The summed E-state index contributed by atoms with van der Waals surface area (Å²) in [7, 11) is 0. The van der Waals surface area contributed by atoms with E-state index in [4.69, 9.17) is 5.10 Å². The van der Waals surface area contributed by atoms with E-state index in [2.05, 4.69) is 54.7 Å². The number of amides is 1. The maximum Gasteiger partial charge on any atom is 0.236 e. The maximum absolute atomic E-state index is 11.1. The Kier molecular flexibility index (Phi) is 5.27. The fourth-order valence-corrected chi connectivity index (χ4v) is 2.69. The molecule has 3 aromatic rings. The molecule has 0 fully saturated rings. The molecule has 0 atom stereocenters. The average molecular weight is 346 g/mol. The van der Waals surface area contributed by atoms with Crippen LogP contribution >= 0.6 is 0 Å². The molecule has 2 aromatic carbocycles. The summed E-state index contributed by atoms with van der Waals surface area (Å²) in [5.74, 6) is -0.203. The van der Waals surface area contributed by atoms with E-state index >= 15 is 0 Å². The second-order valence-electron chi connectivity index (χ2n) is 6.34. The number of carbonyl (C=O) groups is 1. The van der Waals surface area contributed by atoms with Crippen molar-refractivity contribution in [1.82, 2.24) is 15.2 Å². The van der Waals surface area contributed by atoms with Crippen molar-refractivity contribution in [2.45, 2.75) is 27.3 Å². The highest BCUT2D eigenvalue weighted by Crippen LogP contribution is 2.24. The van der Waals surface area contributed by atoms with Crippen LogP contribution in [0.1, 0.15) is 29.2 Å². The fraction of sp³-hybridized carbons (Fsp3) is 0.190. The smallest absolute Gasteiger partial charge is 0.236 e. The van der Waals surface area contributed by atoms with Gasteiger partial charge in [0.25, 0.3) is 0 Å². The van der Waals surface area contributed by atoms with Gasteiger partial charge in [0.05, 0.1) is 12.8 Å². The fourth-order valence-electron chi connectivity index (χ4n) is 2.69. The Morgan fingerprint density at radius 1 is 1.15 bits per heavy atom. The lowest BCUT2D eigenvalue weighted by Crippen LogP contribution is -2.12. The number of hydrazone groups is 1. The van der Waals surface area contributed by atoms with Crippen LogP contribution in [0.15, 0.2) is 59.8 Å². The molecule has 1 N–H and O–H groups in total. The van der Waals surface area contributed by atoms with E-state index in [1.807, 2.05) is 29.1 Å². The van der Waals surface area contributed by atoms with Crippen LogP contribution in [0, 0.1) is 13.8 Å². The highest BCUT2D eigenvalue weighted by Gasteiger charge is 2.11. The second-order valence-corrected chi connectivity index (χ2v) is 6.34. The minimum atomic E-state index is -0.203. The zero-order valence-corrected chi connectivity index (χ0v) is 15.2. The Morgan fingerprint density at radius 3 is 2.62 bits per heavy atom. The van der Waals surface area contributed by atoms with E-state index in [0.717, 1.165) is 16.8 Å². The average Bonchev–Trinajstić information content (AvgIpc) is 3.00. The number of hydrogen-bond acceptors (Lipinski definition) is 3. The van der Waals surface area contributed by atoms with Crippen LogP contribution in [-0.4, -0.2) is 21.9 Å². The SMILES string of the molecule is CC(=O)N/N=C\c1cn(Cc2ccccc2)nc1-c1ccc(C)c(C)c1. The number of carbonyl (C=O) groups excluding carboxylic acids is 1. The monoisotopic (exact) mass is 346 g/mol. The summed E-state index contributed by atoms with van der Waals surface area (Å²) in [6.07, 6.45) is 3.59. The van der Waals surface area contributed by atoms with Gasteiger partial charge in [0.1, 0.15) is 5.69 Å². The number of rotatable bonds is 5. The number of nitrogens with one attached hydrogen (secondary N) is 1. The Hall–Kier alpha value is -3.21. The van der Waals surface area contributed by atoms with Crippen LogP contribution in [0.3, 0.4) is 0 Å². The molecule has 0 bridgehead atoms. The summed E-state index contributed by atoms with van der Waals surface area (Å²) in [6, 6.07) is 16.5. The van der Waals surface area contributed by atoms with E-state index in [1.54, 1.807) is 6.21 Å². The molecule has 0 spiro atoms. The molecule has 5 nitrogen and oxygen atoms in total. The first kappa shape index (κ1) is 17.6. The predicted molar refractivity (Wildman–Crippen MR) is 104 cm³/mol. The lowest BCUT2D eigenvalue weighted by Gasteiger charge is -2.04. The lowest BCUT2D eigenvalue weighted by molar-refractivity contribution is -0.118. The molecular weight excluding hydrogens is 324 g/mol. The van der Waals surface area contributed by atoms with E-state index in [9.17, 15) is 4.79 Å². The van der Waals surface area contributed by atoms with Gasteiger partial charge < -0.3 is 0 Å². The van der Waals surface area contributed by atoms with Crippen LogP contribution in [0.4, 0.5) is 0 Å². The zero-order chi connectivity index (χ0) is 18.5. The highest BCUT2D eigenvalue weighted by molar-refractivity contribution is 5.89. The number of benzene rings is 2. The molecule has 5 heteroatoms. The van der Waals surface area contributed by atoms with Gasteiger partial charge >= 0.3 is 0 Å². The van der Waals surface area contributed by atoms with Gasteiger partial charge in [0.2, 0.25) is 5.91 Å². The standard InChI is InChI=1S/C21H22N4O/c1-15-9-10-19(11-16(15)2)21-20(12-22-23-17(3)26)14-25(24-21)13-18-7-5-4-6-8-18/h4-12,14H,13H2,1-3H3,(H,23,26)/b22-12-. The molecule has 1 amide bonds. The molecule has 0 saturated carbocycles. The number of hydrogen-bond donors (Lipinski definition) is 1. The summed E-state index contributed by atoms with van der Waals surface area (Å²) in [4.78, 5) is 11.1. The molecule has 0 saturated heterocycles. The molecule has 26 heavy (non-hydrogen) atoms. The summed E-state index contributed by atoms with van der Waals surface area (Å²) in [5.41, 5.74) is 8.81. The molecular formula is C21H22N4O. The molecule has 132 valence electrons. The van der Waals surface area contributed by atoms with Crippen molar-refractivity contribution >= 4 is 12.1 Å². The van der Waals surface area contributed by atoms with Crippen LogP contribution in [0.25, 0.3) is 11.3 Å². The van der Waals surface area contributed by atoms with Gasteiger partial charge in [-0.15, -0.1) is 0 Å². The number of aromatic nitrogens is 2.